The molecule has 0 spiro atoms. The van der Waals surface area contributed by atoms with E-state index in [0.717, 1.165) is 0 Å². The van der Waals surface area contributed by atoms with E-state index in [2.05, 4.69) is 0 Å². The van der Waals surface area contributed by atoms with Gasteiger partial charge in [-0.25, -0.2) is 0 Å². The zero-order valence-corrected chi connectivity index (χ0v) is 29.2. The van der Waals surface area contributed by atoms with Crippen LogP contribution in [0.15, 0.2) is 0 Å². The van der Waals surface area contributed by atoms with Crippen molar-refractivity contribution in [2.24, 2.45) is 0 Å². The number of hydrogen-bond acceptors (Lipinski definition) is 26. The minimum absolute atomic E-state index is 0.0952. The van der Waals surface area contributed by atoms with E-state index in [1.807, 2.05) is 0 Å². The molecule has 0 aromatic heterocycles. The first-order valence-electron chi connectivity index (χ1n) is 17.4. The third-order valence-electron chi connectivity index (χ3n) is 9.90. The Kier molecular flexibility index (Phi) is 17.6. The SMILES string of the molecule is O=C[C@@H](O[C@@H]1O[C@H](CO)[C@@H](O)[C@H](O)[C@H]1O)[C@@H](O[C@H]1O[C@@H](CO)[C@@H](O)[C@H](O)[C@H]1O)[C@@H](O[C@@H]1O[C@H](CO)[C@H](O)[C@@H](O)[C@@H]1O)[C@H](CO)O[C@@H]1O[C@H](CO)[C@@H](O)[C@@H](O)[C@@H]1O. The molecule has 4 fully saturated rings. The first kappa shape index (κ1) is 47.3. The summed E-state index contributed by atoms with van der Waals surface area (Å²) in [5, 5.41) is 176. The smallest absolute Gasteiger partial charge is 0.187 e. The molecule has 26 nitrogen and oxygen atoms in total. The number of carbonyl (C=O) groups is 1. The lowest BCUT2D eigenvalue weighted by Crippen LogP contribution is -2.66. The summed E-state index contributed by atoms with van der Waals surface area (Å²) in [5.41, 5.74) is 0. The lowest BCUT2D eigenvalue weighted by molar-refractivity contribution is -0.374. The summed E-state index contributed by atoms with van der Waals surface area (Å²) in [6, 6.07) is 0. The van der Waals surface area contributed by atoms with Gasteiger partial charge >= 0.3 is 0 Å². The molecule has 4 aliphatic heterocycles. The van der Waals surface area contributed by atoms with Gasteiger partial charge in [-0.3, -0.25) is 0 Å². The maximum absolute atomic E-state index is 12.9. The molecule has 0 aromatic carbocycles. The van der Waals surface area contributed by atoms with Crippen LogP contribution in [0.1, 0.15) is 0 Å². The van der Waals surface area contributed by atoms with Crippen LogP contribution < -0.4 is 0 Å². The van der Waals surface area contributed by atoms with Gasteiger partial charge < -0.3 is 130 Å². The average Bonchev–Trinajstić information content (AvgIpc) is 3.20. The summed E-state index contributed by atoms with van der Waals surface area (Å²) in [5.74, 6) is 0. The molecule has 4 heterocycles. The molecule has 56 heavy (non-hydrogen) atoms. The molecule has 0 saturated carbocycles. The van der Waals surface area contributed by atoms with Crippen molar-refractivity contribution < 1.29 is 130 Å². The van der Waals surface area contributed by atoms with Crippen molar-refractivity contribution in [2.45, 2.75) is 147 Å². The third-order valence-corrected chi connectivity index (χ3v) is 9.90. The monoisotopic (exact) mass is 828 g/mol. The molecule has 26 heteroatoms. The maximum atomic E-state index is 12.9. The fourth-order valence-electron chi connectivity index (χ4n) is 6.49. The normalized spacial score (nSPS) is 47.2. The molecule has 0 aromatic rings. The molecule has 0 unspecified atom stereocenters. The molecule has 4 saturated heterocycles. The summed E-state index contributed by atoms with van der Waals surface area (Å²) in [7, 11) is 0. The number of rotatable bonds is 17. The second-order valence-corrected chi connectivity index (χ2v) is 13.6. The van der Waals surface area contributed by atoms with Crippen LogP contribution in [0.5, 0.6) is 0 Å². The van der Waals surface area contributed by atoms with Crippen LogP contribution >= 0.6 is 0 Å². The Morgan fingerprint density at radius 2 is 0.679 bits per heavy atom. The molecule has 0 bridgehead atoms. The van der Waals surface area contributed by atoms with Gasteiger partial charge in [-0.15, -0.1) is 0 Å². The van der Waals surface area contributed by atoms with Crippen molar-refractivity contribution in [3.05, 3.63) is 0 Å². The van der Waals surface area contributed by atoms with Crippen LogP contribution in [-0.2, 0) is 42.7 Å². The summed E-state index contributed by atoms with van der Waals surface area (Å²) in [6.45, 7) is -5.23. The zero-order valence-electron chi connectivity index (χ0n) is 29.2. The number of ether oxygens (including phenoxy) is 8. The van der Waals surface area contributed by atoms with Crippen LogP contribution in [0.2, 0.25) is 0 Å². The number of aliphatic hydroxyl groups excluding tert-OH is 17. The van der Waals surface area contributed by atoms with Crippen molar-refractivity contribution in [3.63, 3.8) is 0 Å². The number of aldehydes is 1. The first-order chi connectivity index (χ1) is 26.5. The van der Waals surface area contributed by atoms with Crippen molar-refractivity contribution in [1.82, 2.24) is 0 Å². The third kappa shape index (κ3) is 9.99. The Morgan fingerprint density at radius 3 is 0.964 bits per heavy atom. The van der Waals surface area contributed by atoms with Crippen molar-refractivity contribution >= 4 is 6.29 Å². The van der Waals surface area contributed by atoms with Gasteiger partial charge in [0.15, 0.2) is 31.4 Å². The lowest BCUT2D eigenvalue weighted by atomic mass is 9.96. The summed E-state index contributed by atoms with van der Waals surface area (Å²) < 4.78 is 44.5. The van der Waals surface area contributed by atoms with E-state index in [1.54, 1.807) is 0 Å². The van der Waals surface area contributed by atoms with Crippen LogP contribution in [0.4, 0.5) is 0 Å². The molecular formula is C30H52O26. The standard InChI is InChI=1S/C30H52O26/c31-1-7-13(37)17(41)21(45)27(49-7)53-11(5-35)25(55-29-23(47)19(43)15(39)9(3-33)51-29)26(56-30-24(48)20(44)16(40)10(4-34)52-30)12(6-36)54-28-22(46)18(42)14(38)8(2-32)50-28/h5,7-34,36-48H,1-4,6H2/t7-,8-,9+,10-,11-,12+,13-,14-,15-,16+,17+,18-,19+,20-,21-,22+,23-,24+,25-,26+,27+,28+,29-,30+/m1/s1. The molecule has 0 radical (unpaired) electrons. The van der Waals surface area contributed by atoms with Gasteiger partial charge in [-0.05, 0) is 0 Å². The summed E-state index contributed by atoms with van der Waals surface area (Å²) in [4.78, 5) is 12.9. The van der Waals surface area contributed by atoms with E-state index in [-0.39, 0.29) is 6.29 Å². The van der Waals surface area contributed by atoms with Gasteiger partial charge in [0.25, 0.3) is 0 Å². The molecule has 0 aliphatic carbocycles. The topological polar surface area (TPSA) is 435 Å². The van der Waals surface area contributed by atoms with Gasteiger partial charge in [0.1, 0.15) is 122 Å². The van der Waals surface area contributed by atoms with E-state index >= 15 is 0 Å². The highest BCUT2D eigenvalue weighted by molar-refractivity contribution is 5.57. The predicted octanol–water partition coefficient (Wildman–Crippen LogP) is -12.1. The van der Waals surface area contributed by atoms with Crippen molar-refractivity contribution in [2.75, 3.05) is 33.0 Å². The summed E-state index contributed by atoms with van der Waals surface area (Å²) >= 11 is 0. The van der Waals surface area contributed by atoms with Crippen LogP contribution in [-0.4, -0.2) is 273 Å². The molecule has 17 N–H and O–H groups in total. The van der Waals surface area contributed by atoms with E-state index in [4.69, 9.17) is 37.9 Å². The quantitative estimate of drug-likeness (QED) is 0.0605. The van der Waals surface area contributed by atoms with Crippen molar-refractivity contribution in [3.8, 4) is 0 Å². The fourth-order valence-corrected chi connectivity index (χ4v) is 6.49. The van der Waals surface area contributed by atoms with E-state index in [1.165, 1.54) is 0 Å². The number of aliphatic hydroxyl groups is 17. The summed E-state index contributed by atoms with van der Waals surface area (Å²) in [6.07, 6.45) is -49.4. The Labute approximate surface area is 316 Å². The lowest BCUT2D eigenvalue weighted by Gasteiger charge is -2.47. The van der Waals surface area contributed by atoms with Crippen molar-refractivity contribution in [1.29, 1.82) is 0 Å². The Bertz CT molecular complexity index is 1180. The fraction of sp³-hybridized carbons (Fsp3) is 0.967. The van der Waals surface area contributed by atoms with E-state index in [9.17, 15) is 91.6 Å². The number of carbonyl (C=O) groups excluding carboxylic acids is 1. The predicted molar refractivity (Wildman–Crippen MR) is 168 cm³/mol. The van der Waals surface area contributed by atoms with Gasteiger partial charge in [0.2, 0.25) is 0 Å². The highest BCUT2D eigenvalue weighted by atomic mass is 16.8. The van der Waals surface area contributed by atoms with Gasteiger partial charge in [-0.2, -0.15) is 0 Å². The zero-order chi connectivity index (χ0) is 41.8. The van der Waals surface area contributed by atoms with Gasteiger partial charge in [0.05, 0.1) is 33.0 Å². The largest absolute Gasteiger partial charge is 0.394 e. The van der Waals surface area contributed by atoms with Gasteiger partial charge in [-0.1, -0.05) is 0 Å². The molecule has 4 rings (SSSR count). The van der Waals surface area contributed by atoms with Crippen LogP contribution in [0.25, 0.3) is 0 Å². The second-order valence-electron chi connectivity index (χ2n) is 13.6. The molecule has 328 valence electrons. The molecular weight excluding hydrogens is 776 g/mol. The van der Waals surface area contributed by atoms with Crippen LogP contribution in [0.3, 0.4) is 0 Å². The Hall–Kier alpha value is -1.33. The first-order valence-corrected chi connectivity index (χ1v) is 17.4. The Balaban J connectivity index is 1.83. The highest BCUT2D eigenvalue weighted by Gasteiger charge is 2.54. The second kappa shape index (κ2) is 20.8. The minimum atomic E-state index is -2.37. The van der Waals surface area contributed by atoms with E-state index < -0.39 is 180 Å². The average molecular weight is 829 g/mol. The molecule has 4 aliphatic rings. The number of hydrogen-bond donors (Lipinski definition) is 17. The molecule has 0 amide bonds. The van der Waals surface area contributed by atoms with E-state index in [0.29, 0.717) is 0 Å². The molecule has 24 atom stereocenters. The maximum Gasteiger partial charge on any atom is 0.187 e. The van der Waals surface area contributed by atoms with Gasteiger partial charge in [0, 0.05) is 0 Å². The minimum Gasteiger partial charge on any atom is -0.394 e. The van der Waals surface area contributed by atoms with Crippen LogP contribution in [0, 0.1) is 0 Å². The Morgan fingerprint density at radius 1 is 0.393 bits per heavy atom. The highest BCUT2D eigenvalue weighted by Crippen LogP contribution is 2.33.